The maximum absolute atomic E-state index is 9.24. The van der Waals surface area contributed by atoms with E-state index in [4.69, 9.17) is 11.5 Å². The number of nitrogens with zero attached hydrogens (tertiary/aromatic N) is 4. The van der Waals surface area contributed by atoms with Crippen LogP contribution in [0.25, 0.3) is 0 Å². The van der Waals surface area contributed by atoms with E-state index in [-0.39, 0.29) is 0 Å². The molecule has 0 spiro atoms. The Morgan fingerprint density at radius 3 is 2.38 bits per heavy atom. The number of rotatable bonds is 17. The van der Waals surface area contributed by atoms with Crippen LogP contribution in [0.15, 0.2) is 24.3 Å². The molecule has 0 bridgehead atoms. The number of benzene rings is 1. The molecule has 3 rings (SSSR count). The van der Waals surface area contributed by atoms with Crippen molar-refractivity contribution in [3.8, 4) is 0 Å². The average Bonchev–Trinajstić information content (AvgIpc) is 3.37. The van der Waals surface area contributed by atoms with Gasteiger partial charge in [-0.1, -0.05) is 24.3 Å². The van der Waals surface area contributed by atoms with E-state index < -0.39 is 7.12 Å². The van der Waals surface area contributed by atoms with Gasteiger partial charge >= 0.3 is 7.12 Å². The van der Waals surface area contributed by atoms with Crippen molar-refractivity contribution in [2.24, 2.45) is 17.4 Å². The van der Waals surface area contributed by atoms with Crippen molar-refractivity contribution in [3.63, 3.8) is 0 Å². The van der Waals surface area contributed by atoms with E-state index in [1.165, 1.54) is 45.6 Å². The Labute approximate surface area is 225 Å². The van der Waals surface area contributed by atoms with Crippen LogP contribution < -0.4 is 22.2 Å². The Balaban J connectivity index is 1.42. The molecule has 7 N–H and O–H groups in total. The van der Waals surface area contributed by atoms with Crippen LogP contribution >= 0.6 is 0 Å². The molecule has 2 aliphatic rings. The molecule has 2 atom stereocenters. The molecular formula is C27H52BN7O2. The topological polar surface area (TPSA) is 117 Å². The van der Waals surface area contributed by atoms with Crippen LogP contribution in [-0.2, 0) is 6.54 Å². The normalized spacial score (nSPS) is 20.6. The highest BCUT2D eigenvalue weighted by atomic mass is 16.4. The fraction of sp³-hybridized carbons (Fsp3) is 0.778. The summed E-state index contributed by atoms with van der Waals surface area (Å²) < 4.78 is 0. The Bertz CT molecular complexity index is 734. The third kappa shape index (κ3) is 10.5. The molecule has 0 amide bonds. The van der Waals surface area contributed by atoms with Crippen LogP contribution in [-0.4, -0.2) is 135 Å². The van der Waals surface area contributed by atoms with Crippen LogP contribution in [0.5, 0.6) is 0 Å². The predicted octanol–water partition coefficient (Wildman–Crippen LogP) is -1.22. The number of piperazine rings is 1. The van der Waals surface area contributed by atoms with Gasteiger partial charge in [0, 0.05) is 58.4 Å². The van der Waals surface area contributed by atoms with Crippen LogP contribution in [0, 0.1) is 5.92 Å². The van der Waals surface area contributed by atoms with E-state index in [0.717, 1.165) is 77.3 Å². The molecule has 37 heavy (non-hydrogen) atoms. The minimum absolute atomic E-state index is 0.527. The van der Waals surface area contributed by atoms with Crippen molar-refractivity contribution < 1.29 is 10.0 Å². The molecule has 0 aromatic heterocycles. The molecule has 1 aromatic carbocycles. The summed E-state index contributed by atoms with van der Waals surface area (Å²) in [7, 11) is 0.811. The van der Waals surface area contributed by atoms with Crippen molar-refractivity contribution >= 4 is 12.6 Å². The second-order valence-corrected chi connectivity index (χ2v) is 11.0. The van der Waals surface area contributed by atoms with Gasteiger partial charge in [0.25, 0.3) is 0 Å². The molecular weight excluding hydrogens is 465 g/mol. The molecule has 0 saturated carbocycles. The molecule has 210 valence electrons. The Hall–Kier alpha value is -1.08. The van der Waals surface area contributed by atoms with Crippen molar-refractivity contribution in [2.75, 3.05) is 92.1 Å². The average molecular weight is 518 g/mol. The Morgan fingerprint density at radius 1 is 0.973 bits per heavy atom. The first kappa shape index (κ1) is 30.5. The third-order valence-corrected chi connectivity index (χ3v) is 8.16. The zero-order valence-electron chi connectivity index (χ0n) is 23.1. The van der Waals surface area contributed by atoms with Crippen molar-refractivity contribution in [2.45, 2.75) is 38.3 Å². The van der Waals surface area contributed by atoms with Gasteiger partial charge in [-0.3, -0.25) is 4.90 Å². The number of nitrogens with one attached hydrogen (secondary N) is 1. The van der Waals surface area contributed by atoms with Crippen LogP contribution in [0.2, 0.25) is 0 Å². The third-order valence-electron chi connectivity index (χ3n) is 8.16. The zero-order valence-corrected chi connectivity index (χ0v) is 23.1. The standard InChI is InChI=1S/C27H52BN7O2/c1-32-18-20-33(21-19-32)13-3-15-35(14-2-10-29)27(8-11-30)25-9-16-34(23-25)17-12-31-22-24-4-6-26(7-5-24)28(36)37/h4-7,25,27,31,36-37H,2-3,8-23,29-30H2,1H3. The predicted molar refractivity (Wildman–Crippen MR) is 154 cm³/mol. The van der Waals surface area contributed by atoms with Crippen molar-refractivity contribution in [1.82, 2.24) is 24.9 Å². The molecule has 2 saturated heterocycles. The largest absolute Gasteiger partial charge is 0.488 e. The lowest BCUT2D eigenvalue weighted by atomic mass is 9.80. The number of nitrogens with two attached hydrogens (primary N) is 2. The zero-order chi connectivity index (χ0) is 26.5. The highest BCUT2D eigenvalue weighted by Gasteiger charge is 2.32. The quantitative estimate of drug-likeness (QED) is 0.128. The van der Waals surface area contributed by atoms with Gasteiger partial charge in [0.1, 0.15) is 0 Å². The summed E-state index contributed by atoms with van der Waals surface area (Å²) in [5.41, 5.74) is 13.7. The Morgan fingerprint density at radius 2 is 1.70 bits per heavy atom. The van der Waals surface area contributed by atoms with Crippen molar-refractivity contribution in [1.29, 1.82) is 0 Å². The summed E-state index contributed by atoms with van der Waals surface area (Å²) in [6.07, 6.45) is 4.57. The molecule has 2 heterocycles. The van der Waals surface area contributed by atoms with Gasteiger partial charge in [0.15, 0.2) is 0 Å². The van der Waals surface area contributed by atoms with Gasteiger partial charge in [0.2, 0.25) is 0 Å². The number of hydrogen-bond donors (Lipinski definition) is 5. The first-order valence-electron chi connectivity index (χ1n) is 14.4. The number of likely N-dealkylation sites (N-methyl/N-ethyl adjacent to an activating group) is 1. The molecule has 0 aliphatic carbocycles. The second-order valence-electron chi connectivity index (χ2n) is 11.0. The maximum Gasteiger partial charge on any atom is 0.488 e. The highest BCUT2D eigenvalue weighted by molar-refractivity contribution is 6.58. The smallest absolute Gasteiger partial charge is 0.423 e. The lowest BCUT2D eigenvalue weighted by molar-refractivity contribution is 0.113. The van der Waals surface area contributed by atoms with E-state index >= 15 is 0 Å². The fourth-order valence-electron chi connectivity index (χ4n) is 5.85. The summed E-state index contributed by atoms with van der Waals surface area (Å²) in [4.78, 5) is 10.4. The van der Waals surface area contributed by atoms with E-state index in [9.17, 15) is 10.0 Å². The minimum Gasteiger partial charge on any atom is -0.423 e. The molecule has 2 fully saturated rings. The first-order chi connectivity index (χ1) is 18.0. The van der Waals surface area contributed by atoms with E-state index in [2.05, 4.69) is 32.0 Å². The molecule has 2 aliphatic heterocycles. The van der Waals surface area contributed by atoms with Crippen LogP contribution in [0.1, 0.15) is 31.2 Å². The van der Waals surface area contributed by atoms with Crippen molar-refractivity contribution in [3.05, 3.63) is 29.8 Å². The van der Waals surface area contributed by atoms with Gasteiger partial charge in [-0.15, -0.1) is 0 Å². The number of hydrogen-bond acceptors (Lipinski definition) is 9. The van der Waals surface area contributed by atoms with E-state index in [0.29, 0.717) is 17.4 Å². The van der Waals surface area contributed by atoms with E-state index in [1.807, 2.05) is 12.1 Å². The van der Waals surface area contributed by atoms with Gasteiger partial charge in [-0.05, 0) is 88.9 Å². The summed E-state index contributed by atoms with van der Waals surface area (Å²) in [6, 6.07) is 7.98. The van der Waals surface area contributed by atoms with Gasteiger partial charge in [0.05, 0.1) is 0 Å². The van der Waals surface area contributed by atoms with Crippen LogP contribution in [0.3, 0.4) is 0 Å². The molecule has 2 unspecified atom stereocenters. The first-order valence-corrected chi connectivity index (χ1v) is 14.4. The van der Waals surface area contributed by atoms with Gasteiger partial charge in [-0.2, -0.15) is 0 Å². The van der Waals surface area contributed by atoms with Gasteiger partial charge in [-0.25, -0.2) is 0 Å². The SMILES string of the molecule is CN1CCN(CCCN(CCCN)C(CCN)C2CCN(CCNCc3ccc(B(O)O)cc3)C2)CC1. The lowest BCUT2D eigenvalue weighted by Gasteiger charge is -2.37. The highest BCUT2D eigenvalue weighted by Crippen LogP contribution is 2.26. The maximum atomic E-state index is 9.24. The molecule has 9 nitrogen and oxygen atoms in total. The van der Waals surface area contributed by atoms with Crippen LogP contribution in [0.4, 0.5) is 0 Å². The fourth-order valence-corrected chi connectivity index (χ4v) is 5.85. The summed E-state index contributed by atoms with van der Waals surface area (Å²) in [5.74, 6) is 0.669. The molecule has 1 aromatic rings. The molecule has 0 radical (unpaired) electrons. The van der Waals surface area contributed by atoms with Gasteiger partial charge < -0.3 is 41.5 Å². The number of likely N-dealkylation sites (tertiary alicyclic amines) is 1. The van der Waals surface area contributed by atoms with E-state index in [1.54, 1.807) is 12.1 Å². The minimum atomic E-state index is -1.41. The summed E-state index contributed by atoms with van der Waals surface area (Å²) >= 11 is 0. The molecule has 10 heteroatoms. The summed E-state index contributed by atoms with van der Waals surface area (Å²) in [6.45, 7) is 14.7. The lowest BCUT2D eigenvalue weighted by Crippen LogP contribution is -2.47. The second kappa shape index (κ2) is 16.8. The monoisotopic (exact) mass is 517 g/mol. The summed E-state index contributed by atoms with van der Waals surface area (Å²) in [5, 5.41) is 22.0. The Kier molecular flexibility index (Phi) is 13.8.